The topological polar surface area (TPSA) is 152 Å². The minimum atomic E-state index is -0.818. The summed E-state index contributed by atoms with van der Waals surface area (Å²) in [5.74, 6) is -0.520. The van der Waals surface area contributed by atoms with Gasteiger partial charge in [0.2, 0.25) is 5.91 Å². The van der Waals surface area contributed by atoms with Crippen LogP contribution in [0.1, 0.15) is 60.8 Å². The number of ether oxygens (including phenoxy) is 2. The monoisotopic (exact) mass is 418 g/mol. The van der Waals surface area contributed by atoms with Crippen molar-refractivity contribution < 1.29 is 29.0 Å². The van der Waals surface area contributed by atoms with Crippen LogP contribution in [0, 0.1) is 0 Å². The second-order valence-corrected chi connectivity index (χ2v) is 8.74. The first kappa shape index (κ1) is 27.1. The summed E-state index contributed by atoms with van der Waals surface area (Å²) in [5.41, 5.74) is 4.16. The van der Waals surface area contributed by atoms with Gasteiger partial charge in [0.05, 0.1) is 18.7 Å². The number of nitrogens with one attached hydrogen (secondary N) is 3. The minimum Gasteiger partial charge on any atom is -0.444 e. The normalized spacial score (nSPS) is 13.9. The van der Waals surface area contributed by atoms with E-state index in [1.54, 1.807) is 41.5 Å². The highest BCUT2D eigenvalue weighted by atomic mass is 16.6. The molecule has 170 valence electrons. The molecule has 10 heteroatoms. The lowest BCUT2D eigenvalue weighted by Crippen LogP contribution is -2.49. The van der Waals surface area contributed by atoms with Crippen LogP contribution in [0.15, 0.2) is 0 Å². The van der Waals surface area contributed by atoms with Crippen molar-refractivity contribution >= 4 is 18.1 Å². The van der Waals surface area contributed by atoms with Crippen LogP contribution in [0.4, 0.5) is 9.59 Å². The molecule has 10 nitrogen and oxygen atoms in total. The summed E-state index contributed by atoms with van der Waals surface area (Å²) in [4.78, 5) is 36.0. The zero-order valence-corrected chi connectivity index (χ0v) is 18.5. The van der Waals surface area contributed by atoms with Crippen LogP contribution in [0.2, 0.25) is 0 Å². The van der Waals surface area contributed by atoms with Crippen molar-refractivity contribution in [2.24, 2.45) is 5.73 Å². The number of carbonyl (C=O) groups is 3. The Hall–Kier alpha value is -1.91. The van der Waals surface area contributed by atoms with Crippen LogP contribution in [0.25, 0.3) is 0 Å². The Kier molecular flexibility index (Phi) is 11.8. The first-order valence-electron chi connectivity index (χ1n) is 9.85. The smallest absolute Gasteiger partial charge is 0.414 e. The van der Waals surface area contributed by atoms with Crippen molar-refractivity contribution in [3.05, 3.63) is 0 Å². The maximum Gasteiger partial charge on any atom is 0.414 e. The maximum atomic E-state index is 12.4. The number of alkyl carbamates (subject to hydrolysis) is 2. The standard InChI is InChI=1S/C19H38N4O6/c1-18(2,3)28-16(26)22-13(12-24)9-11-21-14(8-7-10-20)15(25)23-17(27)29-19(4,5)6/h13-14,21,24H,7-12,20H2,1-6H3,(H,22,26)(H,23,25,27)/t13-,14-/m0/s1. The number of hydrogen-bond acceptors (Lipinski definition) is 8. The average molecular weight is 419 g/mol. The Balaban J connectivity index is 4.64. The molecule has 2 atom stereocenters. The molecule has 6 N–H and O–H groups in total. The number of imide groups is 1. The SMILES string of the molecule is CC(C)(C)OC(=O)NC(=O)[C@H](CCCN)NCC[C@@H](CO)NC(=O)OC(C)(C)C. The molecule has 0 fully saturated rings. The lowest BCUT2D eigenvalue weighted by molar-refractivity contribution is -0.123. The van der Waals surface area contributed by atoms with Gasteiger partial charge in [-0.15, -0.1) is 0 Å². The van der Waals surface area contributed by atoms with Crippen molar-refractivity contribution in [3.63, 3.8) is 0 Å². The van der Waals surface area contributed by atoms with Gasteiger partial charge in [0, 0.05) is 0 Å². The van der Waals surface area contributed by atoms with E-state index in [0.29, 0.717) is 32.4 Å². The highest BCUT2D eigenvalue weighted by Crippen LogP contribution is 2.08. The first-order chi connectivity index (χ1) is 13.3. The van der Waals surface area contributed by atoms with E-state index < -0.39 is 41.4 Å². The molecule has 3 amide bonds. The highest BCUT2D eigenvalue weighted by molar-refractivity contribution is 5.94. The van der Waals surface area contributed by atoms with E-state index in [4.69, 9.17) is 15.2 Å². The van der Waals surface area contributed by atoms with Crippen molar-refractivity contribution in [1.82, 2.24) is 16.0 Å². The molecule has 0 radical (unpaired) electrons. The quantitative estimate of drug-likeness (QED) is 0.352. The summed E-state index contributed by atoms with van der Waals surface area (Å²) in [6, 6.07) is -1.20. The van der Waals surface area contributed by atoms with Crippen molar-refractivity contribution in [2.75, 3.05) is 19.7 Å². The van der Waals surface area contributed by atoms with Crippen molar-refractivity contribution in [3.8, 4) is 0 Å². The highest BCUT2D eigenvalue weighted by Gasteiger charge is 2.24. The number of carbonyl (C=O) groups excluding carboxylic acids is 3. The van der Waals surface area contributed by atoms with E-state index in [-0.39, 0.29) is 6.61 Å². The third kappa shape index (κ3) is 14.7. The lowest BCUT2D eigenvalue weighted by Gasteiger charge is -2.24. The van der Waals surface area contributed by atoms with Gasteiger partial charge < -0.3 is 30.9 Å². The molecule has 0 aromatic heterocycles. The van der Waals surface area contributed by atoms with Crippen LogP contribution in [0.3, 0.4) is 0 Å². The molecule has 0 spiro atoms. The molecule has 0 aromatic rings. The van der Waals surface area contributed by atoms with Crippen molar-refractivity contribution in [2.45, 2.75) is 84.1 Å². The molecule has 0 aliphatic rings. The van der Waals surface area contributed by atoms with E-state index in [1.807, 2.05) is 0 Å². The van der Waals surface area contributed by atoms with Gasteiger partial charge in [-0.2, -0.15) is 0 Å². The predicted octanol–water partition coefficient (Wildman–Crippen LogP) is 1.01. The Morgan fingerprint density at radius 1 is 0.966 bits per heavy atom. The summed E-state index contributed by atoms with van der Waals surface area (Å²) in [5, 5.41) is 17.3. The molecule has 0 aromatic carbocycles. The van der Waals surface area contributed by atoms with Gasteiger partial charge in [-0.3, -0.25) is 10.1 Å². The molecular weight excluding hydrogens is 380 g/mol. The van der Waals surface area contributed by atoms with E-state index in [0.717, 1.165) is 0 Å². The number of amides is 3. The van der Waals surface area contributed by atoms with E-state index in [1.165, 1.54) is 0 Å². The molecule has 0 bridgehead atoms. The van der Waals surface area contributed by atoms with E-state index >= 15 is 0 Å². The van der Waals surface area contributed by atoms with E-state index in [9.17, 15) is 19.5 Å². The van der Waals surface area contributed by atoms with Crippen LogP contribution in [-0.4, -0.2) is 66.2 Å². The van der Waals surface area contributed by atoms with Gasteiger partial charge in [-0.25, -0.2) is 9.59 Å². The molecule has 0 aliphatic heterocycles. The third-order valence-electron chi connectivity index (χ3n) is 3.46. The third-order valence-corrected chi connectivity index (χ3v) is 3.46. The van der Waals surface area contributed by atoms with Gasteiger partial charge in [0.15, 0.2) is 0 Å². The first-order valence-corrected chi connectivity index (χ1v) is 9.85. The Morgan fingerprint density at radius 3 is 2.00 bits per heavy atom. The van der Waals surface area contributed by atoms with Crippen LogP contribution >= 0.6 is 0 Å². The summed E-state index contributed by atoms with van der Waals surface area (Å²) in [6.45, 7) is 10.8. The Bertz CT molecular complexity index is 528. The number of aliphatic hydroxyl groups excluding tert-OH is 1. The predicted molar refractivity (Wildman–Crippen MR) is 109 cm³/mol. The molecule has 0 unspecified atom stereocenters. The van der Waals surface area contributed by atoms with Gasteiger partial charge >= 0.3 is 12.2 Å². The second kappa shape index (κ2) is 12.6. The molecule has 0 aliphatic carbocycles. The average Bonchev–Trinajstić information content (AvgIpc) is 2.52. The zero-order valence-electron chi connectivity index (χ0n) is 18.5. The molecule has 0 saturated heterocycles. The fourth-order valence-electron chi connectivity index (χ4n) is 2.25. The number of nitrogens with two attached hydrogens (primary N) is 1. The lowest BCUT2D eigenvalue weighted by atomic mass is 10.1. The molecule has 0 heterocycles. The number of aliphatic hydroxyl groups is 1. The van der Waals surface area contributed by atoms with Crippen LogP contribution in [0.5, 0.6) is 0 Å². The van der Waals surface area contributed by atoms with Crippen LogP contribution < -0.4 is 21.7 Å². The molecular formula is C19H38N4O6. The maximum absolute atomic E-state index is 12.4. The summed E-state index contributed by atoms with van der Waals surface area (Å²) in [7, 11) is 0. The summed E-state index contributed by atoms with van der Waals surface area (Å²) < 4.78 is 10.3. The molecule has 0 saturated carbocycles. The molecule has 29 heavy (non-hydrogen) atoms. The van der Waals surface area contributed by atoms with Crippen molar-refractivity contribution in [1.29, 1.82) is 0 Å². The van der Waals surface area contributed by atoms with Crippen LogP contribution in [-0.2, 0) is 14.3 Å². The van der Waals surface area contributed by atoms with Gasteiger partial charge in [-0.05, 0) is 73.9 Å². The fourth-order valence-corrected chi connectivity index (χ4v) is 2.25. The van der Waals surface area contributed by atoms with E-state index in [2.05, 4.69) is 16.0 Å². The second-order valence-electron chi connectivity index (χ2n) is 8.74. The largest absolute Gasteiger partial charge is 0.444 e. The molecule has 0 rings (SSSR count). The number of rotatable bonds is 10. The van der Waals surface area contributed by atoms with Gasteiger partial charge in [0.25, 0.3) is 0 Å². The Labute approximate surface area is 173 Å². The Morgan fingerprint density at radius 2 is 1.52 bits per heavy atom. The minimum absolute atomic E-state index is 0.279. The number of hydrogen-bond donors (Lipinski definition) is 5. The van der Waals surface area contributed by atoms with Gasteiger partial charge in [0.1, 0.15) is 11.2 Å². The van der Waals surface area contributed by atoms with Gasteiger partial charge in [-0.1, -0.05) is 0 Å². The summed E-state index contributed by atoms with van der Waals surface area (Å²) >= 11 is 0. The fraction of sp³-hybridized carbons (Fsp3) is 0.842. The zero-order chi connectivity index (χ0) is 22.7. The summed E-state index contributed by atoms with van der Waals surface area (Å²) in [6.07, 6.45) is -0.0806.